The quantitative estimate of drug-likeness (QED) is 0.679. The van der Waals surface area contributed by atoms with Gasteiger partial charge in [-0.3, -0.25) is 9.69 Å². The summed E-state index contributed by atoms with van der Waals surface area (Å²) in [7, 11) is 0. The summed E-state index contributed by atoms with van der Waals surface area (Å²) in [5.74, 6) is 0.108. The zero-order valence-electron chi connectivity index (χ0n) is 20.5. The number of hydrogen-bond acceptors (Lipinski definition) is 4. The molecule has 2 saturated heterocycles. The summed E-state index contributed by atoms with van der Waals surface area (Å²) in [5.41, 5.74) is 3.37. The number of carbonyl (C=O) groups excluding carboxylic acids is 2. The van der Waals surface area contributed by atoms with Crippen LogP contribution in [0.2, 0.25) is 0 Å². The first-order valence-corrected chi connectivity index (χ1v) is 12.5. The fourth-order valence-electron chi connectivity index (χ4n) is 5.88. The number of likely N-dealkylation sites (tertiary alicyclic amines) is 2. The molecule has 3 aliphatic heterocycles. The van der Waals surface area contributed by atoms with Crippen LogP contribution < -0.4 is 5.32 Å². The Morgan fingerprint density at radius 1 is 1.06 bits per heavy atom. The molecular formula is C28H35N3O3. The van der Waals surface area contributed by atoms with E-state index >= 15 is 0 Å². The van der Waals surface area contributed by atoms with Crippen molar-refractivity contribution >= 4 is 17.7 Å². The minimum Gasteiger partial charge on any atom is -0.444 e. The van der Waals surface area contributed by atoms with Crippen LogP contribution >= 0.6 is 0 Å². The largest absolute Gasteiger partial charge is 0.444 e. The molecule has 0 aliphatic carbocycles. The Kier molecular flexibility index (Phi) is 5.88. The van der Waals surface area contributed by atoms with E-state index < -0.39 is 11.0 Å². The highest BCUT2D eigenvalue weighted by Crippen LogP contribution is 2.50. The zero-order valence-corrected chi connectivity index (χ0v) is 20.5. The van der Waals surface area contributed by atoms with Crippen LogP contribution in [0.3, 0.4) is 0 Å². The van der Waals surface area contributed by atoms with Crippen molar-refractivity contribution in [2.24, 2.45) is 0 Å². The number of amides is 2. The van der Waals surface area contributed by atoms with Crippen LogP contribution in [0.4, 0.5) is 10.5 Å². The van der Waals surface area contributed by atoms with Crippen LogP contribution in [0.1, 0.15) is 69.2 Å². The lowest BCUT2D eigenvalue weighted by atomic mass is 9.71. The molecule has 2 fully saturated rings. The van der Waals surface area contributed by atoms with Crippen LogP contribution in [-0.2, 0) is 21.5 Å². The normalized spacial score (nSPS) is 22.0. The third-order valence-corrected chi connectivity index (χ3v) is 7.46. The van der Waals surface area contributed by atoms with Gasteiger partial charge < -0.3 is 15.0 Å². The van der Waals surface area contributed by atoms with Crippen LogP contribution in [-0.4, -0.2) is 47.0 Å². The number of anilines is 1. The van der Waals surface area contributed by atoms with Crippen molar-refractivity contribution in [3.63, 3.8) is 0 Å². The molecule has 2 aromatic rings. The molecule has 1 N–H and O–H groups in total. The van der Waals surface area contributed by atoms with E-state index in [-0.39, 0.29) is 18.0 Å². The minimum atomic E-state index is -0.535. The minimum absolute atomic E-state index is 0.0586. The Balaban J connectivity index is 1.41. The summed E-state index contributed by atoms with van der Waals surface area (Å²) in [6, 6.07) is 16.6. The number of piperidine rings is 1. The molecular weight excluding hydrogens is 426 g/mol. The highest BCUT2D eigenvalue weighted by atomic mass is 16.6. The Labute approximate surface area is 202 Å². The highest BCUT2D eigenvalue weighted by Gasteiger charge is 2.51. The van der Waals surface area contributed by atoms with Crippen molar-refractivity contribution in [1.82, 2.24) is 9.80 Å². The van der Waals surface area contributed by atoms with E-state index in [0.29, 0.717) is 6.54 Å². The fourth-order valence-corrected chi connectivity index (χ4v) is 5.88. The van der Waals surface area contributed by atoms with Gasteiger partial charge in [-0.05, 0) is 82.3 Å². The first-order chi connectivity index (χ1) is 16.3. The van der Waals surface area contributed by atoms with Crippen molar-refractivity contribution in [2.45, 2.75) is 70.1 Å². The van der Waals surface area contributed by atoms with Gasteiger partial charge in [0.1, 0.15) is 5.60 Å². The summed E-state index contributed by atoms with van der Waals surface area (Å²) in [6.45, 7) is 9.03. The van der Waals surface area contributed by atoms with Crippen molar-refractivity contribution in [3.05, 3.63) is 65.2 Å². The van der Waals surface area contributed by atoms with E-state index in [0.717, 1.165) is 62.1 Å². The molecule has 0 saturated carbocycles. The number of carbonyl (C=O) groups is 2. The molecule has 180 valence electrons. The monoisotopic (exact) mass is 461 g/mol. The summed E-state index contributed by atoms with van der Waals surface area (Å²) < 4.78 is 5.72. The van der Waals surface area contributed by atoms with Crippen LogP contribution in [0.5, 0.6) is 0 Å². The lowest BCUT2D eigenvalue weighted by molar-refractivity contribution is -0.122. The Morgan fingerprint density at radius 3 is 2.50 bits per heavy atom. The molecule has 0 aromatic heterocycles. The molecule has 3 aliphatic rings. The molecule has 1 unspecified atom stereocenters. The summed E-state index contributed by atoms with van der Waals surface area (Å²) >= 11 is 0. The average Bonchev–Trinajstić information content (AvgIpc) is 3.39. The van der Waals surface area contributed by atoms with E-state index in [1.165, 1.54) is 5.56 Å². The van der Waals surface area contributed by atoms with E-state index in [1.807, 2.05) is 43.9 Å². The fraction of sp³-hybridized carbons (Fsp3) is 0.500. The number of nitrogens with zero attached hydrogens (tertiary/aromatic N) is 2. The maximum Gasteiger partial charge on any atom is 0.410 e. The summed E-state index contributed by atoms with van der Waals surface area (Å²) in [5, 5.41) is 3.18. The third kappa shape index (κ3) is 4.20. The number of rotatable bonds is 3. The Bertz CT molecular complexity index is 1070. The lowest BCUT2D eigenvalue weighted by Crippen LogP contribution is -2.47. The van der Waals surface area contributed by atoms with E-state index in [1.54, 1.807) is 0 Å². The SMILES string of the molecule is CC(C)(C)OC(=O)N1CCCC1c1cccc2c1C1(CCN(Cc3ccccc3)CC1)C(=O)N2. The van der Waals surface area contributed by atoms with Crippen molar-refractivity contribution in [2.75, 3.05) is 25.0 Å². The predicted molar refractivity (Wildman–Crippen MR) is 133 cm³/mol. The van der Waals surface area contributed by atoms with Crippen molar-refractivity contribution in [3.8, 4) is 0 Å². The van der Waals surface area contributed by atoms with Crippen molar-refractivity contribution in [1.29, 1.82) is 0 Å². The van der Waals surface area contributed by atoms with Gasteiger partial charge in [-0.15, -0.1) is 0 Å². The standard InChI is InChI=1S/C28H35N3O3/c1-27(2,3)34-26(33)31-16-8-13-23(31)21-11-7-12-22-24(21)28(25(32)29-22)14-17-30(18-15-28)19-20-9-5-4-6-10-20/h4-7,9-12,23H,8,13-19H2,1-3H3,(H,29,32). The van der Waals surface area contributed by atoms with E-state index in [4.69, 9.17) is 4.74 Å². The molecule has 0 bridgehead atoms. The van der Waals surface area contributed by atoms with Gasteiger partial charge in [0.2, 0.25) is 5.91 Å². The third-order valence-electron chi connectivity index (χ3n) is 7.46. The first-order valence-electron chi connectivity index (χ1n) is 12.5. The van der Waals surface area contributed by atoms with Crippen LogP contribution in [0.25, 0.3) is 0 Å². The molecule has 3 heterocycles. The second-order valence-corrected chi connectivity index (χ2v) is 10.9. The highest BCUT2D eigenvalue weighted by molar-refractivity contribution is 6.07. The second-order valence-electron chi connectivity index (χ2n) is 10.9. The van der Waals surface area contributed by atoms with E-state index in [2.05, 4.69) is 40.5 Å². The lowest BCUT2D eigenvalue weighted by Gasteiger charge is -2.39. The van der Waals surface area contributed by atoms with Gasteiger partial charge in [-0.2, -0.15) is 0 Å². The maximum atomic E-state index is 13.4. The van der Waals surface area contributed by atoms with Gasteiger partial charge in [-0.25, -0.2) is 4.79 Å². The molecule has 0 radical (unpaired) electrons. The van der Waals surface area contributed by atoms with Gasteiger partial charge in [0, 0.05) is 18.8 Å². The molecule has 2 amide bonds. The van der Waals surface area contributed by atoms with Gasteiger partial charge >= 0.3 is 6.09 Å². The van der Waals surface area contributed by atoms with Gasteiger partial charge in [-0.1, -0.05) is 42.5 Å². The number of benzene rings is 2. The zero-order chi connectivity index (χ0) is 23.9. The summed E-state index contributed by atoms with van der Waals surface area (Å²) in [6.07, 6.45) is 3.13. The molecule has 5 rings (SSSR count). The van der Waals surface area contributed by atoms with Crippen LogP contribution in [0, 0.1) is 0 Å². The Morgan fingerprint density at radius 2 is 1.79 bits per heavy atom. The molecule has 2 aromatic carbocycles. The first kappa shape index (κ1) is 22.9. The van der Waals surface area contributed by atoms with Gasteiger partial charge in [0.25, 0.3) is 0 Å². The topological polar surface area (TPSA) is 61.9 Å². The average molecular weight is 462 g/mol. The molecule has 6 nitrogen and oxygen atoms in total. The smallest absolute Gasteiger partial charge is 0.410 e. The van der Waals surface area contributed by atoms with Crippen LogP contribution in [0.15, 0.2) is 48.5 Å². The molecule has 6 heteroatoms. The van der Waals surface area contributed by atoms with Gasteiger partial charge in [0.15, 0.2) is 0 Å². The Hall–Kier alpha value is -2.86. The second kappa shape index (κ2) is 8.73. The number of ether oxygens (including phenoxy) is 1. The maximum absolute atomic E-state index is 13.4. The van der Waals surface area contributed by atoms with E-state index in [9.17, 15) is 9.59 Å². The molecule has 1 atom stereocenters. The predicted octanol–water partition coefficient (Wildman–Crippen LogP) is 5.24. The molecule has 1 spiro atoms. The number of hydrogen-bond donors (Lipinski definition) is 1. The molecule has 34 heavy (non-hydrogen) atoms. The van der Waals surface area contributed by atoms with Crippen molar-refractivity contribution < 1.29 is 14.3 Å². The number of fused-ring (bicyclic) bond motifs is 2. The summed E-state index contributed by atoms with van der Waals surface area (Å²) in [4.78, 5) is 30.7. The number of nitrogens with one attached hydrogen (secondary N) is 1. The van der Waals surface area contributed by atoms with Gasteiger partial charge in [0.05, 0.1) is 11.5 Å².